The average Bonchev–Trinajstić information content (AvgIpc) is 3.43. The number of nitrogens with one attached hydrogen (secondary N) is 1. The van der Waals surface area contributed by atoms with Crippen LogP contribution in [-0.4, -0.2) is 34.2 Å². The summed E-state index contributed by atoms with van der Waals surface area (Å²) in [6.45, 7) is 2.56. The molecule has 1 fully saturated rings. The molecule has 1 aliphatic heterocycles. The summed E-state index contributed by atoms with van der Waals surface area (Å²) < 4.78 is 11.0. The fourth-order valence-electron chi connectivity index (χ4n) is 3.36. The van der Waals surface area contributed by atoms with Crippen molar-refractivity contribution < 1.29 is 14.1 Å². The Kier molecular flexibility index (Phi) is 6.16. The second-order valence-electron chi connectivity index (χ2n) is 7.10. The standard InChI is InChI=1S/C22H24N4O3/c27-22(23-13-17-7-3-1-4-8-17)26-12-11-19(14-26)21-24-20(29-25-21)16-28-15-18-9-5-2-6-10-18/h1-10,19H,11-16H2,(H,23,27). The zero-order valence-electron chi connectivity index (χ0n) is 16.2. The van der Waals surface area contributed by atoms with Gasteiger partial charge in [0.25, 0.3) is 5.89 Å². The molecular weight excluding hydrogens is 368 g/mol. The molecule has 2 amide bonds. The minimum Gasteiger partial charge on any atom is -0.367 e. The molecule has 2 aromatic carbocycles. The highest BCUT2D eigenvalue weighted by atomic mass is 16.5. The lowest BCUT2D eigenvalue weighted by molar-refractivity contribution is 0.0850. The number of nitrogens with zero attached hydrogens (tertiary/aromatic N) is 3. The highest BCUT2D eigenvalue weighted by Gasteiger charge is 2.30. The number of amides is 2. The summed E-state index contributed by atoms with van der Waals surface area (Å²) >= 11 is 0. The Morgan fingerprint density at radius 3 is 2.55 bits per heavy atom. The molecule has 0 radical (unpaired) electrons. The van der Waals surface area contributed by atoms with Crippen LogP contribution in [0.3, 0.4) is 0 Å². The summed E-state index contributed by atoms with van der Waals surface area (Å²) in [4.78, 5) is 18.7. The molecule has 29 heavy (non-hydrogen) atoms. The van der Waals surface area contributed by atoms with E-state index in [0.29, 0.717) is 38.0 Å². The summed E-state index contributed by atoms with van der Waals surface area (Å²) in [5.41, 5.74) is 2.18. The maximum Gasteiger partial charge on any atom is 0.317 e. The van der Waals surface area contributed by atoms with E-state index in [1.807, 2.05) is 60.7 Å². The zero-order chi connectivity index (χ0) is 19.9. The largest absolute Gasteiger partial charge is 0.367 e. The van der Waals surface area contributed by atoms with Gasteiger partial charge in [0, 0.05) is 25.6 Å². The molecule has 1 N–H and O–H groups in total. The van der Waals surface area contributed by atoms with Gasteiger partial charge in [0.05, 0.1) is 6.61 Å². The average molecular weight is 392 g/mol. The van der Waals surface area contributed by atoms with Crippen LogP contribution < -0.4 is 5.32 Å². The maximum atomic E-state index is 12.4. The van der Waals surface area contributed by atoms with E-state index in [1.54, 1.807) is 4.90 Å². The van der Waals surface area contributed by atoms with E-state index >= 15 is 0 Å². The van der Waals surface area contributed by atoms with E-state index in [2.05, 4.69) is 15.5 Å². The van der Waals surface area contributed by atoms with Crippen molar-refractivity contribution in [3.05, 3.63) is 83.5 Å². The van der Waals surface area contributed by atoms with Crippen molar-refractivity contribution in [2.24, 2.45) is 0 Å². The minimum atomic E-state index is -0.0636. The topological polar surface area (TPSA) is 80.5 Å². The van der Waals surface area contributed by atoms with E-state index in [0.717, 1.165) is 17.5 Å². The van der Waals surface area contributed by atoms with Crippen LogP contribution in [0, 0.1) is 0 Å². The quantitative estimate of drug-likeness (QED) is 0.666. The number of hydrogen-bond donors (Lipinski definition) is 1. The first-order chi connectivity index (χ1) is 14.3. The van der Waals surface area contributed by atoms with Crippen molar-refractivity contribution in [2.75, 3.05) is 13.1 Å². The van der Waals surface area contributed by atoms with Crippen molar-refractivity contribution >= 4 is 6.03 Å². The Morgan fingerprint density at radius 1 is 1.07 bits per heavy atom. The van der Waals surface area contributed by atoms with Gasteiger partial charge in [0.2, 0.25) is 0 Å². The lowest BCUT2D eigenvalue weighted by atomic mass is 10.1. The smallest absolute Gasteiger partial charge is 0.317 e. The monoisotopic (exact) mass is 392 g/mol. The fraction of sp³-hybridized carbons (Fsp3) is 0.318. The van der Waals surface area contributed by atoms with E-state index in [9.17, 15) is 4.79 Å². The predicted molar refractivity (Wildman–Crippen MR) is 107 cm³/mol. The van der Waals surface area contributed by atoms with Gasteiger partial charge in [0.15, 0.2) is 5.82 Å². The normalized spacial score (nSPS) is 16.1. The van der Waals surface area contributed by atoms with Crippen LogP contribution in [0.25, 0.3) is 0 Å². The molecule has 0 spiro atoms. The summed E-state index contributed by atoms with van der Waals surface area (Å²) in [7, 11) is 0. The Balaban J connectivity index is 1.23. The van der Waals surface area contributed by atoms with Crippen molar-refractivity contribution in [1.29, 1.82) is 0 Å². The molecule has 1 saturated heterocycles. The zero-order valence-corrected chi connectivity index (χ0v) is 16.2. The van der Waals surface area contributed by atoms with Gasteiger partial charge in [-0.1, -0.05) is 65.8 Å². The third-order valence-corrected chi connectivity index (χ3v) is 4.95. The number of rotatable bonds is 7. The summed E-state index contributed by atoms with van der Waals surface area (Å²) in [5.74, 6) is 1.19. The van der Waals surface area contributed by atoms with Gasteiger partial charge in [-0.05, 0) is 17.5 Å². The minimum absolute atomic E-state index is 0.0636. The van der Waals surface area contributed by atoms with Crippen LogP contribution >= 0.6 is 0 Å². The van der Waals surface area contributed by atoms with Crippen molar-refractivity contribution in [1.82, 2.24) is 20.4 Å². The molecule has 2 heterocycles. The highest BCUT2D eigenvalue weighted by molar-refractivity contribution is 5.74. The van der Waals surface area contributed by atoms with Gasteiger partial charge in [-0.15, -0.1) is 0 Å². The van der Waals surface area contributed by atoms with Gasteiger partial charge in [-0.3, -0.25) is 0 Å². The first kappa shape index (κ1) is 19.1. The summed E-state index contributed by atoms with van der Waals surface area (Å²) in [5, 5.41) is 7.05. The Bertz CT molecular complexity index is 914. The Hall–Kier alpha value is -3.19. The molecule has 1 aromatic heterocycles. The van der Waals surface area contributed by atoms with E-state index in [-0.39, 0.29) is 18.6 Å². The van der Waals surface area contributed by atoms with Crippen molar-refractivity contribution in [2.45, 2.75) is 32.1 Å². The van der Waals surface area contributed by atoms with Crippen molar-refractivity contribution in [3.63, 3.8) is 0 Å². The van der Waals surface area contributed by atoms with Gasteiger partial charge in [-0.2, -0.15) is 4.98 Å². The Labute approximate surface area is 169 Å². The van der Waals surface area contributed by atoms with Crippen LogP contribution in [0.2, 0.25) is 0 Å². The summed E-state index contributed by atoms with van der Waals surface area (Å²) in [6.07, 6.45) is 0.822. The number of urea groups is 1. The van der Waals surface area contributed by atoms with Gasteiger partial charge >= 0.3 is 6.03 Å². The molecule has 1 atom stereocenters. The van der Waals surface area contributed by atoms with Gasteiger partial charge < -0.3 is 19.5 Å². The summed E-state index contributed by atoms with van der Waals surface area (Å²) in [6, 6.07) is 19.8. The lowest BCUT2D eigenvalue weighted by Crippen LogP contribution is -2.38. The maximum absolute atomic E-state index is 12.4. The molecule has 1 aliphatic rings. The third-order valence-electron chi connectivity index (χ3n) is 4.95. The van der Waals surface area contributed by atoms with Crippen LogP contribution in [-0.2, 0) is 24.5 Å². The SMILES string of the molecule is O=C(NCc1ccccc1)N1CCC(c2noc(COCc3ccccc3)n2)C1. The number of carbonyl (C=O) groups excluding carboxylic acids is 1. The molecule has 0 aliphatic carbocycles. The number of carbonyl (C=O) groups is 1. The van der Waals surface area contributed by atoms with Crippen molar-refractivity contribution in [3.8, 4) is 0 Å². The molecule has 150 valence electrons. The molecule has 7 nitrogen and oxygen atoms in total. The number of benzene rings is 2. The number of aromatic nitrogens is 2. The van der Waals surface area contributed by atoms with E-state index < -0.39 is 0 Å². The predicted octanol–water partition coefficient (Wildman–Crippen LogP) is 3.49. The molecule has 0 bridgehead atoms. The van der Waals surface area contributed by atoms with Crippen LogP contribution in [0.1, 0.15) is 35.2 Å². The van der Waals surface area contributed by atoms with Crippen LogP contribution in [0.5, 0.6) is 0 Å². The molecule has 1 unspecified atom stereocenters. The van der Waals surface area contributed by atoms with E-state index in [4.69, 9.17) is 9.26 Å². The first-order valence-corrected chi connectivity index (χ1v) is 9.79. The highest BCUT2D eigenvalue weighted by Crippen LogP contribution is 2.25. The Morgan fingerprint density at radius 2 is 1.79 bits per heavy atom. The van der Waals surface area contributed by atoms with Crippen LogP contribution in [0.4, 0.5) is 4.79 Å². The first-order valence-electron chi connectivity index (χ1n) is 9.79. The second kappa shape index (κ2) is 9.34. The molecule has 7 heteroatoms. The van der Waals surface area contributed by atoms with Crippen LogP contribution in [0.15, 0.2) is 65.2 Å². The fourth-order valence-corrected chi connectivity index (χ4v) is 3.36. The number of likely N-dealkylation sites (tertiary alicyclic amines) is 1. The number of hydrogen-bond acceptors (Lipinski definition) is 5. The van der Waals surface area contributed by atoms with E-state index in [1.165, 1.54) is 0 Å². The molecule has 0 saturated carbocycles. The molecular formula is C22H24N4O3. The molecule has 3 aromatic rings. The van der Waals surface area contributed by atoms with Gasteiger partial charge in [-0.25, -0.2) is 4.79 Å². The second-order valence-corrected chi connectivity index (χ2v) is 7.10. The lowest BCUT2D eigenvalue weighted by Gasteiger charge is -2.16. The number of ether oxygens (including phenoxy) is 1. The third kappa shape index (κ3) is 5.20. The molecule has 4 rings (SSSR count). The van der Waals surface area contributed by atoms with Gasteiger partial charge in [0.1, 0.15) is 6.61 Å².